The molecule has 15 heavy (non-hydrogen) atoms. The highest BCUT2D eigenvalue weighted by molar-refractivity contribution is 5.14. The summed E-state index contributed by atoms with van der Waals surface area (Å²) < 4.78 is 0. The lowest BCUT2D eigenvalue weighted by atomic mass is 10.1. The van der Waals surface area contributed by atoms with E-state index in [9.17, 15) is 0 Å². The van der Waals surface area contributed by atoms with Gasteiger partial charge in [0.25, 0.3) is 0 Å². The fraction of sp³-hybridized carbons (Fsp3) is 0.571. The summed E-state index contributed by atoms with van der Waals surface area (Å²) in [4.78, 5) is 2.56. The average Bonchev–Trinajstić information content (AvgIpc) is 2.30. The molecule has 1 aromatic rings. The Bertz CT molecular complexity index is 251. The smallest absolute Gasteiger partial charge is 0.0236 e. The third kappa shape index (κ3) is 3.67. The number of rotatable bonds is 6. The monoisotopic (exact) mass is 205 g/mol. The Hall–Kier alpha value is -0.820. The highest BCUT2D eigenvalue weighted by Crippen LogP contribution is 2.12. The van der Waals surface area contributed by atoms with Crippen LogP contribution < -0.4 is 0 Å². The van der Waals surface area contributed by atoms with Gasteiger partial charge in [-0.05, 0) is 24.9 Å². The van der Waals surface area contributed by atoms with Crippen LogP contribution in [-0.4, -0.2) is 17.5 Å². The van der Waals surface area contributed by atoms with Gasteiger partial charge in [-0.3, -0.25) is 4.90 Å². The van der Waals surface area contributed by atoms with Gasteiger partial charge in [0.15, 0.2) is 0 Å². The standard InChI is InChI=1S/C14H23N/c1-4-14(5-2)15(6-3)12-13-10-8-7-9-11-13/h7-11,14H,4-6,12H2,1-3H3. The summed E-state index contributed by atoms with van der Waals surface area (Å²) in [7, 11) is 0. The number of benzene rings is 1. The largest absolute Gasteiger partial charge is 0.296 e. The average molecular weight is 205 g/mol. The molecule has 1 rings (SSSR count). The topological polar surface area (TPSA) is 3.24 Å². The Morgan fingerprint density at radius 1 is 1.00 bits per heavy atom. The van der Waals surface area contributed by atoms with Crippen molar-refractivity contribution in [1.82, 2.24) is 4.90 Å². The zero-order valence-corrected chi connectivity index (χ0v) is 10.2. The van der Waals surface area contributed by atoms with E-state index >= 15 is 0 Å². The molecule has 0 aliphatic rings. The highest BCUT2D eigenvalue weighted by Gasteiger charge is 2.12. The molecule has 1 nitrogen and oxygen atoms in total. The van der Waals surface area contributed by atoms with E-state index in [2.05, 4.69) is 56.0 Å². The van der Waals surface area contributed by atoms with Crippen molar-refractivity contribution in [2.75, 3.05) is 6.54 Å². The van der Waals surface area contributed by atoms with Gasteiger partial charge in [-0.15, -0.1) is 0 Å². The van der Waals surface area contributed by atoms with Crippen LogP contribution in [0.2, 0.25) is 0 Å². The van der Waals surface area contributed by atoms with Crippen LogP contribution in [0.3, 0.4) is 0 Å². The summed E-state index contributed by atoms with van der Waals surface area (Å²) in [5, 5.41) is 0. The maximum atomic E-state index is 2.56. The van der Waals surface area contributed by atoms with Crippen molar-refractivity contribution in [2.24, 2.45) is 0 Å². The molecule has 1 aromatic carbocycles. The maximum absolute atomic E-state index is 2.56. The zero-order chi connectivity index (χ0) is 11.1. The molecule has 0 aromatic heterocycles. The van der Waals surface area contributed by atoms with Crippen LogP contribution in [0, 0.1) is 0 Å². The van der Waals surface area contributed by atoms with Gasteiger partial charge in [-0.2, -0.15) is 0 Å². The van der Waals surface area contributed by atoms with Crippen molar-refractivity contribution < 1.29 is 0 Å². The lowest BCUT2D eigenvalue weighted by Crippen LogP contribution is -2.33. The van der Waals surface area contributed by atoms with Crippen molar-refractivity contribution in [1.29, 1.82) is 0 Å². The fourth-order valence-electron chi connectivity index (χ4n) is 2.12. The van der Waals surface area contributed by atoms with Gasteiger partial charge in [0, 0.05) is 12.6 Å². The zero-order valence-electron chi connectivity index (χ0n) is 10.2. The Morgan fingerprint density at radius 2 is 1.60 bits per heavy atom. The van der Waals surface area contributed by atoms with Crippen molar-refractivity contribution >= 4 is 0 Å². The quantitative estimate of drug-likeness (QED) is 0.684. The van der Waals surface area contributed by atoms with Crippen molar-refractivity contribution in [3.63, 3.8) is 0 Å². The molecule has 0 unspecified atom stereocenters. The summed E-state index contributed by atoms with van der Waals surface area (Å²) in [6.07, 6.45) is 2.49. The first-order valence-electron chi connectivity index (χ1n) is 6.09. The van der Waals surface area contributed by atoms with E-state index in [-0.39, 0.29) is 0 Å². The first kappa shape index (κ1) is 12.3. The van der Waals surface area contributed by atoms with E-state index in [1.807, 2.05) is 0 Å². The van der Waals surface area contributed by atoms with Crippen LogP contribution in [-0.2, 0) is 6.54 Å². The highest BCUT2D eigenvalue weighted by atomic mass is 15.1. The number of hydrogen-bond acceptors (Lipinski definition) is 1. The van der Waals surface area contributed by atoms with Crippen LogP contribution in [0.25, 0.3) is 0 Å². The Morgan fingerprint density at radius 3 is 2.07 bits per heavy atom. The fourth-order valence-corrected chi connectivity index (χ4v) is 2.12. The molecule has 0 aliphatic heterocycles. The van der Waals surface area contributed by atoms with Gasteiger partial charge < -0.3 is 0 Å². The minimum atomic E-state index is 0.732. The van der Waals surface area contributed by atoms with Crippen LogP contribution >= 0.6 is 0 Å². The van der Waals surface area contributed by atoms with E-state index in [1.165, 1.54) is 18.4 Å². The molecule has 0 saturated heterocycles. The lowest BCUT2D eigenvalue weighted by Gasteiger charge is -2.29. The van der Waals surface area contributed by atoms with Gasteiger partial charge in [0.2, 0.25) is 0 Å². The van der Waals surface area contributed by atoms with Gasteiger partial charge in [-0.25, -0.2) is 0 Å². The van der Waals surface area contributed by atoms with E-state index in [1.54, 1.807) is 0 Å². The normalized spacial score (nSPS) is 11.3. The third-order valence-corrected chi connectivity index (χ3v) is 3.09. The maximum Gasteiger partial charge on any atom is 0.0236 e. The van der Waals surface area contributed by atoms with Crippen molar-refractivity contribution in [2.45, 2.75) is 46.2 Å². The predicted octanol–water partition coefficient (Wildman–Crippen LogP) is 3.70. The lowest BCUT2D eigenvalue weighted by molar-refractivity contribution is 0.187. The van der Waals surface area contributed by atoms with Crippen LogP contribution in [0.1, 0.15) is 39.2 Å². The Labute approximate surface area is 94.1 Å². The molecule has 0 amide bonds. The molecule has 0 atom stereocenters. The molecule has 0 heterocycles. The SMILES string of the molecule is CCC(CC)N(CC)Cc1ccccc1. The molecular weight excluding hydrogens is 182 g/mol. The van der Waals surface area contributed by atoms with Crippen LogP contribution in [0.4, 0.5) is 0 Å². The number of hydrogen-bond donors (Lipinski definition) is 0. The van der Waals surface area contributed by atoms with Crippen molar-refractivity contribution in [3.05, 3.63) is 35.9 Å². The molecule has 0 aliphatic carbocycles. The summed E-state index contributed by atoms with van der Waals surface area (Å²) in [5.41, 5.74) is 1.42. The van der Waals surface area contributed by atoms with E-state index in [4.69, 9.17) is 0 Å². The van der Waals surface area contributed by atoms with E-state index in [0.717, 1.165) is 19.1 Å². The minimum Gasteiger partial charge on any atom is -0.296 e. The van der Waals surface area contributed by atoms with Gasteiger partial charge in [0.05, 0.1) is 0 Å². The minimum absolute atomic E-state index is 0.732. The molecule has 0 saturated carbocycles. The van der Waals surface area contributed by atoms with Gasteiger partial charge >= 0.3 is 0 Å². The molecule has 0 bridgehead atoms. The molecule has 0 radical (unpaired) electrons. The summed E-state index contributed by atoms with van der Waals surface area (Å²) in [6.45, 7) is 9.04. The third-order valence-electron chi connectivity index (χ3n) is 3.09. The molecule has 84 valence electrons. The Kier molecular flexibility index (Phi) is 5.41. The first-order valence-corrected chi connectivity index (χ1v) is 6.09. The molecular formula is C14H23N. The second-order valence-electron chi connectivity index (χ2n) is 4.02. The van der Waals surface area contributed by atoms with E-state index in [0.29, 0.717) is 0 Å². The van der Waals surface area contributed by atoms with E-state index < -0.39 is 0 Å². The second kappa shape index (κ2) is 6.62. The van der Waals surface area contributed by atoms with Gasteiger partial charge in [0.1, 0.15) is 0 Å². The van der Waals surface area contributed by atoms with Crippen LogP contribution in [0.15, 0.2) is 30.3 Å². The summed E-state index contributed by atoms with van der Waals surface area (Å²) in [5.74, 6) is 0. The van der Waals surface area contributed by atoms with Crippen molar-refractivity contribution in [3.8, 4) is 0 Å². The van der Waals surface area contributed by atoms with Gasteiger partial charge in [-0.1, -0.05) is 51.1 Å². The predicted molar refractivity (Wildman–Crippen MR) is 66.9 cm³/mol. The summed E-state index contributed by atoms with van der Waals surface area (Å²) >= 11 is 0. The Balaban J connectivity index is 2.61. The molecule has 0 fully saturated rings. The first-order chi connectivity index (χ1) is 7.31. The molecule has 1 heteroatoms. The molecule has 0 spiro atoms. The molecule has 0 N–H and O–H groups in total. The van der Waals surface area contributed by atoms with Crippen LogP contribution in [0.5, 0.6) is 0 Å². The second-order valence-corrected chi connectivity index (χ2v) is 4.02. The number of nitrogens with zero attached hydrogens (tertiary/aromatic N) is 1. The summed E-state index contributed by atoms with van der Waals surface area (Å²) in [6, 6.07) is 11.5.